The molecule has 3 N–H and O–H groups in total. The molecule has 0 saturated carbocycles. The third kappa shape index (κ3) is 7.41. The van der Waals surface area contributed by atoms with Crippen molar-refractivity contribution >= 4 is 51.1 Å². The number of anilines is 3. The number of benzene rings is 2. The Bertz CT molecular complexity index is 2890. The normalized spacial score (nSPS) is 22.4. The first-order valence-corrected chi connectivity index (χ1v) is 23.3. The molecule has 2 amide bonds. The van der Waals surface area contributed by atoms with Gasteiger partial charge in [0, 0.05) is 73.2 Å². The van der Waals surface area contributed by atoms with E-state index in [-0.39, 0.29) is 23.9 Å². The minimum atomic E-state index is -0.991. The monoisotopic (exact) mass is 877 g/mol. The summed E-state index contributed by atoms with van der Waals surface area (Å²) in [5.41, 5.74) is 6.84. The predicted molar refractivity (Wildman–Crippen MR) is 246 cm³/mol. The van der Waals surface area contributed by atoms with Gasteiger partial charge in [0.05, 0.1) is 18.2 Å². The predicted octanol–water partition coefficient (Wildman–Crippen LogP) is 5.60. The lowest BCUT2D eigenvalue weighted by molar-refractivity contribution is -0.134. The highest BCUT2D eigenvalue weighted by Crippen LogP contribution is 2.39. The van der Waals surface area contributed by atoms with Crippen molar-refractivity contribution in [2.45, 2.75) is 108 Å². The van der Waals surface area contributed by atoms with Gasteiger partial charge in [0.1, 0.15) is 16.7 Å². The molecule has 0 radical (unpaired) electrons. The first-order chi connectivity index (χ1) is 31.7. The molecular formula is C49H55N11O5. The lowest BCUT2D eigenvalue weighted by atomic mass is 9.89. The van der Waals surface area contributed by atoms with Crippen LogP contribution in [0.4, 0.5) is 17.3 Å². The molecule has 2 atom stereocenters. The largest absolute Gasteiger partial charge is 0.384 e. The van der Waals surface area contributed by atoms with Crippen LogP contribution in [0.1, 0.15) is 92.3 Å². The topological polar surface area (TPSA) is 180 Å². The molecule has 2 aromatic carbocycles. The summed E-state index contributed by atoms with van der Waals surface area (Å²) in [6, 6.07) is 17.6. The Morgan fingerprint density at radius 2 is 1.65 bits per heavy atom. The molecule has 0 bridgehead atoms. The summed E-state index contributed by atoms with van der Waals surface area (Å²) in [7, 11) is 0. The van der Waals surface area contributed by atoms with E-state index >= 15 is 0 Å². The highest BCUT2D eigenvalue weighted by Gasteiger charge is 2.38. The summed E-state index contributed by atoms with van der Waals surface area (Å²) < 4.78 is 9.15. The van der Waals surface area contributed by atoms with Crippen molar-refractivity contribution in [2.24, 2.45) is 0 Å². The van der Waals surface area contributed by atoms with Crippen molar-refractivity contribution in [1.29, 1.82) is 0 Å². The Balaban J connectivity index is 0.697. The van der Waals surface area contributed by atoms with Crippen molar-refractivity contribution in [1.82, 2.24) is 44.6 Å². The number of aryl methyl sites for hydroxylation is 1. The number of piperidine rings is 3. The molecule has 4 aromatic heterocycles. The third-order valence-electron chi connectivity index (χ3n) is 14.9. The fraction of sp³-hybridized carbons (Fsp3) is 0.449. The lowest BCUT2D eigenvalue weighted by Gasteiger charge is -2.45. The SMILES string of the molecule is C=CCn1c(=O)c2cnc(Nc3ccc(N4CCC(N5CCC(N6CCc7c(ccc8c(C9CCC(=O)NC9=O)noc78)C6)CC5)CC4)cc3)nc2n1-c1ccc2c(n1)[C@@](O)(CC)CC2. The molecule has 4 aliphatic heterocycles. The zero-order chi connectivity index (χ0) is 44.4. The van der Waals surface area contributed by atoms with Crippen LogP contribution in [0, 0.1) is 0 Å². The molecule has 1 unspecified atom stereocenters. The summed E-state index contributed by atoms with van der Waals surface area (Å²) in [5, 5.41) is 22.7. The second-order valence-electron chi connectivity index (χ2n) is 18.5. The average molecular weight is 878 g/mol. The second-order valence-corrected chi connectivity index (χ2v) is 18.5. The lowest BCUT2D eigenvalue weighted by Crippen LogP contribution is -2.51. The highest BCUT2D eigenvalue weighted by atomic mass is 16.5. The van der Waals surface area contributed by atoms with Crippen LogP contribution in [-0.4, -0.2) is 101 Å². The van der Waals surface area contributed by atoms with Crippen molar-refractivity contribution in [3.63, 3.8) is 0 Å². The van der Waals surface area contributed by atoms with Gasteiger partial charge >= 0.3 is 0 Å². The number of carbonyl (C=O) groups is 2. The van der Waals surface area contributed by atoms with E-state index in [1.54, 1.807) is 21.6 Å². The summed E-state index contributed by atoms with van der Waals surface area (Å²) >= 11 is 0. The van der Waals surface area contributed by atoms with Gasteiger partial charge in [-0.3, -0.25) is 24.6 Å². The van der Waals surface area contributed by atoms with Gasteiger partial charge in [-0.1, -0.05) is 30.3 Å². The number of amides is 2. The standard InChI is InChI=1S/C49H55N11O5/c1-3-22-59-47(63)39-28-50-48(54-45(39)60(59)40-13-6-30-15-21-49(64,4-2)44(30)52-40)51-32-7-9-33(10-8-32)56-23-16-34(17-24-56)57-25-18-35(19-26-57)58-27-20-36-31(29-58)5-11-37-42(55-65-43(36)37)38-12-14-41(61)53-46(38)62/h3,5-11,13,28,34-35,38,64H,1,4,12,14-27,29H2,2H3,(H,50,51,54)(H,53,61,62)/t38?,49-/m1/s1. The molecule has 336 valence electrons. The number of nitrogens with zero attached hydrogens (tertiary/aromatic N) is 9. The molecular weight excluding hydrogens is 823 g/mol. The fourth-order valence-corrected chi connectivity index (χ4v) is 11.2. The van der Waals surface area contributed by atoms with Gasteiger partial charge in [0.25, 0.3) is 5.56 Å². The van der Waals surface area contributed by atoms with E-state index in [0.29, 0.717) is 72.0 Å². The fourth-order valence-electron chi connectivity index (χ4n) is 11.2. The Morgan fingerprint density at radius 1 is 0.877 bits per heavy atom. The van der Waals surface area contributed by atoms with Crippen LogP contribution < -0.4 is 21.1 Å². The maximum atomic E-state index is 13.6. The number of likely N-dealkylation sites (tertiary alicyclic amines) is 1. The van der Waals surface area contributed by atoms with Crippen LogP contribution in [0.15, 0.2) is 76.7 Å². The van der Waals surface area contributed by atoms with Crippen molar-refractivity contribution in [3.8, 4) is 5.82 Å². The molecule has 16 nitrogen and oxygen atoms in total. The van der Waals surface area contributed by atoms with Gasteiger partial charge in [0.2, 0.25) is 17.8 Å². The zero-order valence-electron chi connectivity index (χ0n) is 36.8. The molecule has 5 aliphatic rings. The number of imide groups is 1. The molecule has 0 spiro atoms. The Labute approximate surface area is 376 Å². The van der Waals surface area contributed by atoms with Crippen LogP contribution >= 0.6 is 0 Å². The minimum absolute atomic E-state index is 0.227. The smallest absolute Gasteiger partial charge is 0.278 e. The number of rotatable bonds is 10. The van der Waals surface area contributed by atoms with Crippen molar-refractivity contribution in [3.05, 3.63) is 106 Å². The quantitative estimate of drug-likeness (QED) is 0.114. The van der Waals surface area contributed by atoms with E-state index in [4.69, 9.17) is 14.5 Å². The van der Waals surface area contributed by atoms with Gasteiger partial charge in [-0.15, -0.1) is 6.58 Å². The maximum Gasteiger partial charge on any atom is 0.278 e. The maximum absolute atomic E-state index is 13.6. The molecule has 11 rings (SSSR count). The Hall–Kier alpha value is -6.23. The number of carbonyl (C=O) groups excluding carboxylic acids is 2. The van der Waals surface area contributed by atoms with Crippen LogP contribution in [0.5, 0.6) is 0 Å². The van der Waals surface area contributed by atoms with E-state index in [9.17, 15) is 19.5 Å². The van der Waals surface area contributed by atoms with E-state index in [0.717, 1.165) is 100 Å². The van der Waals surface area contributed by atoms with Gasteiger partial charge in [-0.2, -0.15) is 4.98 Å². The van der Waals surface area contributed by atoms with E-state index in [2.05, 4.69) is 78.5 Å². The van der Waals surface area contributed by atoms with Crippen LogP contribution in [0.25, 0.3) is 27.8 Å². The highest BCUT2D eigenvalue weighted by molar-refractivity contribution is 6.02. The number of nitrogens with one attached hydrogen (secondary N) is 2. The van der Waals surface area contributed by atoms with Gasteiger partial charge < -0.3 is 24.7 Å². The summed E-state index contributed by atoms with van der Waals surface area (Å²) in [5.74, 6) is -0.0891. The number of pyridine rings is 1. The van der Waals surface area contributed by atoms with Gasteiger partial charge in [-0.05, 0) is 118 Å². The Morgan fingerprint density at radius 3 is 2.42 bits per heavy atom. The van der Waals surface area contributed by atoms with Crippen LogP contribution in [-0.2, 0) is 41.1 Å². The average Bonchev–Trinajstić information content (AvgIpc) is 4.00. The van der Waals surface area contributed by atoms with Gasteiger partial charge in [-0.25, -0.2) is 19.3 Å². The number of hydrogen-bond acceptors (Lipinski definition) is 13. The molecule has 3 fully saturated rings. The first kappa shape index (κ1) is 41.5. The summed E-state index contributed by atoms with van der Waals surface area (Å²) in [4.78, 5) is 60.0. The zero-order valence-corrected chi connectivity index (χ0v) is 36.8. The van der Waals surface area contributed by atoms with Gasteiger partial charge in [0.15, 0.2) is 17.0 Å². The van der Waals surface area contributed by atoms with Crippen molar-refractivity contribution < 1.29 is 19.2 Å². The number of fused-ring (bicyclic) bond motifs is 5. The van der Waals surface area contributed by atoms with Crippen LogP contribution in [0.2, 0.25) is 0 Å². The number of allylic oxidation sites excluding steroid dienone is 1. The second kappa shape index (κ2) is 16.6. The van der Waals surface area contributed by atoms with E-state index in [1.807, 2.05) is 19.1 Å². The van der Waals surface area contributed by atoms with Crippen molar-refractivity contribution in [2.75, 3.05) is 42.9 Å². The number of hydrogen-bond donors (Lipinski definition) is 3. The number of aliphatic hydroxyl groups is 1. The molecule has 6 aromatic rings. The first-order valence-electron chi connectivity index (χ1n) is 23.3. The molecule has 65 heavy (non-hydrogen) atoms. The molecule has 8 heterocycles. The molecule has 3 saturated heterocycles. The molecule has 1 aliphatic carbocycles. The van der Waals surface area contributed by atoms with Crippen LogP contribution in [0.3, 0.4) is 0 Å². The molecule has 16 heteroatoms. The number of aromatic nitrogens is 6. The van der Waals surface area contributed by atoms with E-state index in [1.165, 1.54) is 16.8 Å². The minimum Gasteiger partial charge on any atom is -0.384 e. The Kier molecular flexibility index (Phi) is 10.6. The summed E-state index contributed by atoms with van der Waals surface area (Å²) in [6.45, 7) is 12.2. The van der Waals surface area contributed by atoms with E-state index < -0.39 is 11.5 Å². The third-order valence-corrected chi connectivity index (χ3v) is 14.9. The summed E-state index contributed by atoms with van der Waals surface area (Å²) in [6.07, 6.45) is 11.4.